The number of hydrogen-bond donors (Lipinski definition) is 0. The topological polar surface area (TPSA) is 103 Å². The van der Waals surface area contributed by atoms with Crippen LogP contribution in [0.2, 0.25) is 5.02 Å². The van der Waals surface area contributed by atoms with E-state index in [2.05, 4.69) is 15.2 Å². The summed E-state index contributed by atoms with van der Waals surface area (Å²) in [5.41, 5.74) is 1.53. The Labute approximate surface area is 176 Å². The van der Waals surface area contributed by atoms with Gasteiger partial charge in [-0.15, -0.1) is 5.10 Å². The van der Waals surface area contributed by atoms with Gasteiger partial charge >= 0.3 is 0 Å². The lowest BCUT2D eigenvalue weighted by Crippen LogP contribution is -2.39. The predicted octanol–water partition coefficient (Wildman–Crippen LogP) is 2.71. The SMILES string of the molecule is Cc1noc2ncn(C/C(=N/N(C)[C@H]3C[C@H](c4ccc(Cl)cc4)C3)OC=O)c(=O)c12. The molecular formula is C20H20ClN5O4. The molecule has 30 heavy (non-hydrogen) atoms. The van der Waals surface area contributed by atoms with Gasteiger partial charge in [0, 0.05) is 18.1 Å². The summed E-state index contributed by atoms with van der Waals surface area (Å²) in [4.78, 5) is 27.7. The standard InChI is InChI=1S/C20H20ClN5O4/c1-12-18-19(30-24-12)22-10-26(20(18)28)9-17(29-11-27)23-25(2)16-7-14(8-16)13-3-5-15(21)6-4-13/h3-6,10-11,14,16H,7-9H2,1-2H3/b23-17-/t14-,16-. The van der Waals surface area contributed by atoms with Gasteiger partial charge < -0.3 is 9.26 Å². The molecule has 1 aliphatic carbocycles. The van der Waals surface area contributed by atoms with E-state index in [-0.39, 0.29) is 29.8 Å². The van der Waals surface area contributed by atoms with Crippen molar-refractivity contribution < 1.29 is 14.1 Å². The summed E-state index contributed by atoms with van der Waals surface area (Å²) in [6.45, 7) is 1.92. The van der Waals surface area contributed by atoms with E-state index in [0.29, 0.717) is 23.5 Å². The van der Waals surface area contributed by atoms with Gasteiger partial charge in [-0.2, -0.15) is 0 Å². The van der Waals surface area contributed by atoms with Gasteiger partial charge in [0.05, 0.1) is 5.69 Å². The van der Waals surface area contributed by atoms with Crippen molar-refractivity contribution in [3.63, 3.8) is 0 Å². The maximum absolute atomic E-state index is 12.7. The zero-order valence-corrected chi connectivity index (χ0v) is 17.2. The minimum absolute atomic E-state index is 0.0389. The summed E-state index contributed by atoms with van der Waals surface area (Å²) < 4.78 is 11.3. The Hall–Kier alpha value is -3.20. The van der Waals surface area contributed by atoms with E-state index in [4.69, 9.17) is 20.9 Å². The smallest absolute Gasteiger partial charge is 0.299 e. The van der Waals surface area contributed by atoms with Crippen LogP contribution in [0, 0.1) is 6.92 Å². The molecule has 0 spiro atoms. The van der Waals surface area contributed by atoms with Gasteiger partial charge in [-0.1, -0.05) is 28.9 Å². The molecule has 2 heterocycles. The number of rotatable bonds is 6. The van der Waals surface area contributed by atoms with Gasteiger partial charge in [0.25, 0.3) is 17.7 Å². The molecule has 0 aliphatic heterocycles. The molecule has 0 saturated heterocycles. The van der Waals surface area contributed by atoms with Gasteiger partial charge in [0.15, 0.2) is 0 Å². The second-order valence-corrected chi connectivity index (χ2v) is 7.72. The molecule has 1 aromatic carbocycles. The summed E-state index contributed by atoms with van der Waals surface area (Å²) in [5, 5.41) is 10.9. The Morgan fingerprint density at radius 3 is 2.83 bits per heavy atom. The highest BCUT2D eigenvalue weighted by Crippen LogP contribution is 2.39. The maximum Gasteiger partial charge on any atom is 0.299 e. The van der Waals surface area contributed by atoms with Gasteiger partial charge in [-0.05, 0) is 43.4 Å². The number of hydrogen-bond acceptors (Lipinski definition) is 8. The first kappa shape index (κ1) is 20.1. The largest absolute Gasteiger partial charge is 0.410 e. The molecule has 1 saturated carbocycles. The molecule has 0 amide bonds. The number of halogens is 1. The Morgan fingerprint density at radius 2 is 2.13 bits per heavy atom. The fourth-order valence-electron chi connectivity index (χ4n) is 3.57. The van der Waals surface area contributed by atoms with E-state index in [1.807, 2.05) is 31.3 Å². The predicted molar refractivity (Wildman–Crippen MR) is 110 cm³/mol. The molecule has 156 valence electrons. The van der Waals surface area contributed by atoms with Gasteiger partial charge in [0.1, 0.15) is 18.3 Å². The average molecular weight is 430 g/mol. The van der Waals surface area contributed by atoms with Crippen LogP contribution in [-0.4, -0.2) is 45.2 Å². The Bertz CT molecular complexity index is 1150. The number of hydrazone groups is 1. The van der Waals surface area contributed by atoms with Crippen LogP contribution >= 0.6 is 11.6 Å². The molecule has 1 aliphatic rings. The minimum atomic E-state index is -0.338. The average Bonchev–Trinajstić information content (AvgIpc) is 3.06. The van der Waals surface area contributed by atoms with Crippen LogP contribution in [0.15, 0.2) is 45.0 Å². The number of aryl methyl sites for hydroxylation is 1. The summed E-state index contributed by atoms with van der Waals surface area (Å²) in [5.74, 6) is 0.533. The third-order valence-electron chi connectivity index (χ3n) is 5.38. The van der Waals surface area contributed by atoms with Crippen LogP contribution in [0.1, 0.15) is 30.0 Å². The Balaban J connectivity index is 1.47. The molecule has 2 aromatic heterocycles. The minimum Gasteiger partial charge on any atom is -0.410 e. The van der Waals surface area contributed by atoms with Crippen molar-refractivity contribution in [1.82, 2.24) is 19.7 Å². The lowest BCUT2D eigenvalue weighted by atomic mass is 9.76. The summed E-state index contributed by atoms with van der Waals surface area (Å²) in [6.07, 6.45) is 3.16. The molecule has 0 bridgehead atoms. The van der Waals surface area contributed by atoms with E-state index in [0.717, 1.165) is 17.9 Å². The third-order valence-corrected chi connectivity index (χ3v) is 5.63. The quantitative estimate of drug-likeness (QED) is 0.257. The first-order chi connectivity index (χ1) is 14.5. The molecule has 0 N–H and O–H groups in total. The van der Waals surface area contributed by atoms with Crippen molar-refractivity contribution in [3.05, 3.63) is 57.2 Å². The lowest BCUT2D eigenvalue weighted by molar-refractivity contribution is -0.122. The third kappa shape index (κ3) is 3.93. The molecule has 9 nitrogen and oxygen atoms in total. The molecule has 3 aromatic rings. The van der Waals surface area contributed by atoms with E-state index in [1.54, 1.807) is 11.9 Å². The highest BCUT2D eigenvalue weighted by molar-refractivity contribution is 6.30. The van der Waals surface area contributed by atoms with Crippen LogP contribution in [0.5, 0.6) is 0 Å². The van der Waals surface area contributed by atoms with Crippen LogP contribution in [0.3, 0.4) is 0 Å². The first-order valence-electron chi connectivity index (χ1n) is 9.43. The van der Waals surface area contributed by atoms with Gasteiger partial charge in [-0.3, -0.25) is 19.2 Å². The number of nitrogens with zero attached hydrogens (tertiary/aromatic N) is 5. The van der Waals surface area contributed by atoms with Crippen LogP contribution in [0.25, 0.3) is 11.1 Å². The zero-order chi connectivity index (χ0) is 21.3. The normalized spacial score (nSPS) is 18.8. The number of aromatic nitrogens is 3. The van der Waals surface area contributed by atoms with Crippen molar-refractivity contribution in [1.29, 1.82) is 0 Å². The van der Waals surface area contributed by atoms with E-state index < -0.39 is 0 Å². The first-order valence-corrected chi connectivity index (χ1v) is 9.81. The van der Waals surface area contributed by atoms with Gasteiger partial charge in [-0.25, -0.2) is 4.98 Å². The second kappa shape index (κ2) is 8.27. The molecule has 4 rings (SSSR count). The van der Waals surface area contributed by atoms with Crippen molar-refractivity contribution in [2.24, 2.45) is 5.10 Å². The molecule has 0 unspecified atom stereocenters. The highest BCUT2D eigenvalue weighted by Gasteiger charge is 2.33. The summed E-state index contributed by atoms with van der Waals surface area (Å²) in [7, 11) is 1.82. The van der Waals surface area contributed by atoms with Crippen molar-refractivity contribution >= 4 is 35.1 Å². The van der Waals surface area contributed by atoms with Gasteiger partial charge in [0.2, 0.25) is 5.90 Å². The molecule has 0 atom stereocenters. The van der Waals surface area contributed by atoms with Crippen LogP contribution in [0.4, 0.5) is 0 Å². The summed E-state index contributed by atoms with van der Waals surface area (Å²) >= 11 is 5.95. The Kier molecular flexibility index (Phi) is 5.54. The lowest BCUT2D eigenvalue weighted by Gasteiger charge is -2.40. The second-order valence-electron chi connectivity index (χ2n) is 7.28. The molecule has 10 heteroatoms. The molecule has 1 fully saturated rings. The maximum atomic E-state index is 12.7. The van der Waals surface area contributed by atoms with Crippen molar-refractivity contribution in [2.45, 2.75) is 38.3 Å². The monoisotopic (exact) mass is 429 g/mol. The zero-order valence-electron chi connectivity index (χ0n) is 16.5. The van der Waals surface area contributed by atoms with Crippen LogP contribution in [-0.2, 0) is 16.1 Å². The highest BCUT2D eigenvalue weighted by atomic mass is 35.5. The van der Waals surface area contributed by atoms with E-state index >= 15 is 0 Å². The number of benzene rings is 1. The number of carbonyl (C=O) groups is 1. The van der Waals surface area contributed by atoms with Crippen molar-refractivity contribution in [2.75, 3.05) is 7.05 Å². The van der Waals surface area contributed by atoms with E-state index in [9.17, 15) is 9.59 Å². The van der Waals surface area contributed by atoms with Crippen LogP contribution < -0.4 is 5.56 Å². The van der Waals surface area contributed by atoms with Crippen molar-refractivity contribution in [3.8, 4) is 0 Å². The molecule has 0 radical (unpaired) electrons. The van der Waals surface area contributed by atoms with E-state index in [1.165, 1.54) is 16.5 Å². The number of ether oxygens (including phenoxy) is 1. The number of carbonyl (C=O) groups excluding carboxylic acids is 1. The fraction of sp³-hybridized carbons (Fsp3) is 0.350. The molecular weight excluding hydrogens is 410 g/mol. The Morgan fingerprint density at radius 1 is 1.40 bits per heavy atom. The number of fused-ring (bicyclic) bond motifs is 1. The fourth-order valence-corrected chi connectivity index (χ4v) is 3.70. The summed E-state index contributed by atoms with van der Waals surface area (Å²) in [6, 6.07) is 8.06.